The van der Waals surface area contributed by atoms with Crippen molar-refractivity contribution in [1.29, 1.82) is 0 Å². The summed E-state index contributed by atoms with van der Waals surface area (Å²) >= 11 is 5.46. The molecule has 44 valence electrons. The minimum absolute atomic E-state index is 0.379. The average molecular weight is 139 g/mol. The van der Waals surface area contributed by atoms with Crippen LogP contribution in [0.1, 0.15) is 6.92 Å². The summed E-state index contributed by atoms with van der Waals surface area (Å²) in [5.74, 6) is 0. The van der Waals surface area contributed by atoms with E-state index in [1.807, 2.05) is 14.0 Å². The third kappa shape index (κ3) is 4.28. The summed E-state index contributed by atoms with van der Waals surface area (Å²) in [5, 5.41) is 3.00. The Labute approximate surface area is 51.2 Å². The standard InChI is InChI=1S/C3H11ClN2Si/c1-3(5-2)6-7-4/h3,5-6H,7H2,1-2H3. The van der Waals surface area contributed by atoms with Gasteiger partial charge in [0, 0.05) is 6.17 Å². The van der Waals surface area contributed by atoms with Gasteiger partial charge in [0.15, 0.2) is 8.99 Å². The van der Waals surface area contributed by atoms with Crippen LogP contribution in [0, 0.1) is 0 Å². The van der Waals surface area contributed by atoms with Crippen LogP contribution in [0.25, 0.3) is 0 Å². The number of hydrogen-bond donors (Lipinski definition) is 2. The van der Waals surface area contributed by atoms with E-state index in [4.69, 9.17) is 11.1 Å². The fourth-order valence-corrected chi connectivity index (χ4v) is 1.35. The molecule has 0 saturated heterocycles. The van der Waals surface area contributed by atoms with Gasteiger partial charge in [-0.1, -0.05) is 0 Å². The molecule has 0 spiro atoms. The van der Waals surface area contributed by atoms with Crippen LogP contribution in [-0.2, 0) is 0 Å². The molecule has 7 heavy (non-hydrogen) atoms. The van der Waals surface area contributed by atoms with Gasteiger partial charge in [0.1, 0.15) is 0 Å². The van der Waals surface area contributed by atoms with E-state index in [2.05, 4.69) is 10.3 Å². The van der Waals surface area contributed by atoms with Crippen molar-refractivity contribution >= 4 is 20.1 Å². The van der Waals surface area contributed by atoms with E-state index in [0.29, 0.717) is 6.17 Å². The molecule has 0 aromatic carbocycles. The monoisotopic (exact) mass is 138 g/mol. The Bertz CT molecular complexity index is 43.9. The molecule has 1 atom stereocenters. The second-order valence-corrected chi connectivity index (χ2v) is 2.83. The molecular weight excluding hydrogens is 128 g/mol. The first kappa shape index (κ1) is 7.43. The summed E-state index contributed by atoms with van der Waals surface area (Å²) in [6.45, 7) is 2.04. The fourth-order valence-electron chi connectivity index (χ4n) is 0.218. The molecule has 1 unspecified atom stereocenters. The van der Waals surface area contributed by atoms with Gasteiger partial charge < -0.3 is 10.3 Å². The molecule has 0 aliphatic carbocycles. The maximum absolute atomic E-state index is 5.46. The Balaban J connectivity index is 2.83. The van der Waals surface area contributed by atoms with Crippen molar-refractivity contribution in [2.24, 2.45) is 0 Å². The minimum atomic E-state index is -0.485. The van der Waals surface area contributed by atoms with Crippen molar-refractivity contribution in [2.75, 3.05) is 7.05 Å². The molecule has 0 aliphatic rings. The lowest BCUT2D eigenvalue weighted by molar-refractivity contribution is 0.592. The summed E-state index contributed by atoms with van der Waals surface area (Å²) in [5.41, 5.74) is 0. The summed E-state index contributed by atoms with van der Waals surface area (Å²) in [4.78, 5) is 3.09. The predicted molar refractivity (Wildman–Crippen MR) is 36.1 cm³/mol. The lowest BCUT2D eigenvalue weighted by atomic mass is 10.6. The van der Waals surface area contributed by atoms with Crippen LogP contribution in [0.4, 0.5) is 0 Å². The fraction of sp³-hybridized carbons (Fsp3) is 1.00. The molecule has 0 aliphatic heterocycles. The largest absolute Gasteiger partial charge is 0.316 e. The van der Waals surface area contributed by atoms with Crippen LogP contribution in [0.2, 0.25) is 0 Å². The topological polar surface area (TPSA) is 24.1 Å². The van der Waals surface area contributed by atoms with Crippen molar-refractivity contribution in [2.45, 2.75) is 13.1 Å². The zero-order valence-corrected chi connectivity index (χ0v) is 6.83. The van der Waals surface area contributed by atoms with Gasteiger partial charge in [-0.05, 0) is 14.0 Å². The summed E-state index contributed by atoms with van der Waals surface area (Å²) < 4.78 is 0. The first-order valence-corrected chi connectivity index (χ1v) is 5.12. The van der Waals surface area contributed by atoms with Crippen molar-refractivity contribution in [3.63, 3.8) is 0 Å². The van der Waals surface area contributed by atoms with E-state index >= 15 is 0 Å². The van der Waals surface area contributed by atoms with Crippen LogP contribution in [0.15, 0.2) is 0 Å². The van der Waals surface area contributed by atoms with Gasteiger partial charge in [0.2, 0.25) is 0 Å². The molecule has 0 aromatic heterocycles. The zero-order valence-electron chi connectivity index (χ0n) is 4.66. The number of hydrogen-bond acceptors (Lipinski definition) is 2. The maximum Gasteiger partial charge on any atom is 0.196 e. The van der Waals surface area contributed by atoms with Gasteiger partial charge in [-0.3, -0.25) is 0 Å². The molecule has 0 rings (SSSR count). The Morgan fingerprint density at radius 2 is 2.29 bits per heavy atom. The van der Waals surface area contributed by atoms with Crippen molar-refractivity contribution in [1.82, 2.24) is 10.3 Å². The molecule has 2 nitrogen and oxygen atoms in total. The number of rotatable bonds is 3. The molecule has 0 fully saturated rings. The molecular formula is C3H11ClN2Si. The SMILES string of the molecule is CNC(C)N[SiH2]Cl. The van der Waals surface area contributed by atoms with Crippen LogP contribution < -0.4 is 10.3 Å². The second kappa shape index (κ2) is 4.58. The van der Waals surface area contributed by atoms with Gasteiger partial charge in [-0.2, -0.15) is 11.1 Å². The van der Waals surface area contributed by atoms with Gasteiger partial charge in [0.25, 0.3) is 0 Å². The van der Waals surface area contributed by atoms with E-state index < -0.39 is 8.99 Å². The smallest absolute Gasteiger partial charge is 0.196 e. The van der Waals surface area contributed by atoms with Crippen LogP contribution in [-0.4, -0.2) is 22.2 Å². The van der Waals surface area contributed by atoms with E-state index in [1.54, 1.807) is 0 Å². The van der Waals surface area contributed by atoms with E-state index in [-0.39, 0.29) is 0 Å². The first-order valence-electron chi connectivity index (χ1n) is 2.28. The highest BCUT2D eigenvalue weighted by molar-refractivity contribution is 6.92. The quantitative estimate of drug-likeness (QED) is 0.309. The third-order valence-corrected chi connectivity index (χ3v) is 2.05. The Hall–Kier alpha value is 0.427. The lowest BCUT2D eigenvalue weighted by Gasteiger charge is -2.07. The van der Waals surface area contributed by atoms with Crippen molar-refractivity contribution in [3.05, 3.63) is 0 Å². The first-order chi connectivity index (χ1) is 3.31. The van der Waals surface area contributed by atoms with Gasteiger partial charge in [0.05, 0.1) is 0 Å². The molecule has 0 saturated carbocycles. The van der Waals surface area contributed by atoms with Gasteiger partial charge in [-0.15, -0.1) is 0 Å². The Morgan fingerprint density at radius 1 is 1.71 bits per heavy atom. The molecule has 0 heterocycles. The highest BCUT2D eigenvalue weighted by atomic mass is 35.6. The number of halogens is 1. The van der Waals surface area contributed by atoms with Crippen LogP contribution in [0.3, 0.4) is 0 Å². The average Bonchev–Trinajstić information content (AvgIpc) is 1.68. The van der Waals surface area contributed by atoms with E-state index in [1.165, 1.54) is 0 Å². The lowest BCUT2D eigenvalue weighted by Crippen LogP contribution is -2.37. The zero-order chi connectivity index (χ0) is 5.70. The molecule has 0 aromatic rings. The predicted octanol–water partition coefficient (Wildman–Crippen LogP) is -0.621. The summed E-state index contributed by atoms with van der Waals surface area (Å²) in [6, 6.07) is 0. The normalized spacial score (nSPS) is 15.9. The van der Waals surface area contributed by atoms with Gasteiger partial charge >= 0.3 is 0 Å². The van der Waals surface area contributed by atoms with Crippen molar-refractivity contribution < 1.29 is 0 Å². The minimum Gasteiger partial charge on any atom is -0.316 e. The number of nitrogens with one attached hydrogen (secondary N) is 2. The Morgan fingerprint density at radius 3 is 2.43 bits per heavy atom. The molecule has 0 bridgehead atoms. The highest BCUT2D eigenvalue weighted by Gasteiger charge is 1.89. The maximum atomic E-state index is 5.46. The van der Waals surface area contributed by atoms with E-state index in [9.17, 15) is 0 Å². The summed E-state index contributed by atoms with van der Waals surface area (Å²) in [7, 11) is 1.42. The molecule has 0 amide bonds. The summed E-state index contributed by atoms with van der Waals surface area (Å²) in [6.07, 6.45) is 0.379. The van der Waals surface area contributed by atoms with Crippen LogP contribution >= 0.6 is 11.1 Å². The van der Waals surface area contributed by atoms with Gasteiger partial charge in [-0.25, -0.2) is 0 Å². The van der Waals surface area contributed by atoms with E-state index in [0.717, 1.165) is 0 Å². The highest BCUT2D eigenvalue weighted by Crippen LogP contribution is 1.68. The van der Waals surface area contributed by atoms with Crippen LogP contribution in [0.5, 0.6) is 0 Å². The molecule has 0 radical (unpaired) electrons. The molecule has 4 heteroatoms. The molecule has 2 N–H and O–H groups in total. The Kier molecular flexibility index (Phi) is 4.86. The van der Waals surface area contributed by atoms with Crippen molar-refractivity contribution in [3.8, 4) is 0 Å². The second-order valence-electron chi connectivity index (χ2n) is 1.35. The third-order valence-electron chi connectivity index (χ3n) is 0.816.